The van der Waals surface area contributed by atoms with Crippen LogP contribution in [0, 0.1) is 0 Å². The van der Waals surface area contributed by atoms with Crippen molar-refractivity contribution in [3.05, 3.63) is 42.2 Å². The van der Waals surface area contributed by atoms with E-state index in [2.05, 4.69) is 68.5 Å². The van der Waals surface area contributed by atoms with Gasteiger partial charge in [0.05, 0.1) is 6.04 Å². The molecule has 0 unspecified atom stereocenters. The Labute approximate surface area is 122 Å². The molecule has 1 heterocycles. The average Bonchev–Trinajstić information content (AvgIpc) is 2.83. The number of rotatable bonds is 5. The van der Waals surface area contributed by atoms with Gasteiger partial charge in [-0.1, -0.05) is 46.4 Å². The second-order valence-corrected chi connectivity index (χ2v) is 5.58. The van der Waals surface area contributed by atoms with Crippen molar-refractivity contribution in [2.24, 2.45) is 5.10 Å². The molecular formula is C17H25N3. The summed E-state index contributed by atoms with van der Waals surface area (Å²) < 4.78 is 0. The van der Waals surface area contributed by atoms with Crippen molar-refractivity contribution in [1.29, 1.82) is 0 Å². The van der Waals surface area contributed by atoms with Crippen LogP contribution in [-0.4, -0.2) is 17.4 Å². The molecule has 1 aromatic carbocycles. The fourth-order valence-corrected chi connectivity index (χ4v) is 2.53. The maximum Gasteiger partial charge on any atom is 0.128 e. The first kappa shape index (κ1) is 14.6. The third-order valence-electron chi connectivity index (χ3n) is 3.96. The zero-order valence-corrected chi connectivity index (χ0v) is 13.0. The van der Waals surface area contributed by atoms with E-state index in [0.29, 0.717) is 12.0 Å². The van der Waals surface area contributed by atoms with Gasteiger partial charge in [-0.25, -0.2) is 5.01 Å². The van der Waals surface area contributed by atoms with Gasteiger partial charge in [0, 0.05) is 5.69 Å². The lowest BCUT2D eigenvalue weighted by atomic mass is 10.0. The van der Waals surface area contributed by atoms with Crippen LogP contribution in [0.3, 0.4) is 0 Å². The number of nitrogens with zero attached hydrogens (tertiary/aromatic N) is 3. The minimum atomic E-state index is 0.429. The number of benzene rings is 1. The second kappa shape index (κ2) is 6.12. The van der Waals surface area contributed by atoms with Crippen molar-refractivity contribution in [2.45, 2.75) is 52.5 Å². The normalized spacial score (nSPS) is 15.0. The fraction of sp³-hybridized carbons (Fsp3) is 0.471. The third kappa shape index (κ3) is 2.72. The van der Waals surface area contributed by atoms with Crippen LogP contribution in [0.15, 0.2) is 41.8 Å². The molecule has 0 atom stereocenters. The minimum absolute atomic E-state index is 0.429. The van der Waals surface area contributed by atoms with Gasteiger partial charge in [-0.3, -0.25) is 4.90 Å². The first-order valence-electron chi connectivity index (χ1n) is 7.49. The Morgan fingerprint density at radius 3 is 2.20 bits per heavy atom. The zero-order valence-electron chi connectivity index (χ0n) is 13.0. The largest absolute Gasteiger partial charge is 0.284 e. The smallest absolute Gasteiger partial charge is 0.128 e. The number of hydrogen-bond acceptors (Lipinski definition) is 3. The average molecular weight is 271 g/mol. The Hall–Kier alpha value is -1.77. The predicted molar refractivity (Wildman–Crippen MR) is 86.9 cm³/mol. The van der Waals surface area contributed by atoms with Crippen molar-refractivity contribution in [1.82, 2.24) is 5.01 Å². The van der Waals surface area contributed by atoms with Crippen LogP contribution in [0.4, 0.5) is 5.69 Å². The second-order valence-electron chi connectivity index (χ2n) is 5.58. The molecule has 3 heteroatoms. The van der Waals surface area contributed by atoms with Gasteiger partial charge in [0.1, 0.15) is 12.2 Å². The van der Waals surface area contributed by atoms with Crippen molar-refractivity contribution >= 4 is 12.0 Å². The summed E-state index contributed by atoms with van der Waals surface area (Å²) in [5.41, 5.74) is 2.48. The van der Waals surface area contributed by atoms with Gasteiger partial charge in [-0.05, 0) is 36.5 Å². The van der Waals surface area contributed by atoms with Gasteiger partial charge in [0.2, 0.25) is 0 Å². The predicted octanol–water partition coefficient (Wildman–Crippen LogP) is 4.54. The van der Waals surface area contributed by atoms with Crippen LogP contribution < -0.4 is 4.90 Å². The minimum Gasteiger partial charge on any atom is -0.284 e. The summed E-state index contributed by atoms with van der Waals surface area (Å²) in [6.45, 7) is 13.0. The first-order valence-corrected chi connectivity index (χ1v) is 7.49. The van der Waals surface area contributed by atoms with Crippen molar-refractivity contribution in [3.8, 4) is 0 Å². The zero-order chi connectivity index (χ0) is 14.7. The molecule has 0 spiro atoms. The third-order valence-corrected chi connectivity index (χ3v) is 3.96. The van der Waals surface area contributed by atoms with E-state index >= 15 is 0 Å². The van der Waals surface area contributed by atoms with E-state index in [1.54, 1.807) is 0 Å². The van der Waals surface area contributed by atoms with E-state index < -0.39 is 0 Å². The van der Waals surface area contributed by atoms with Crippen LogP contribution in [-0.2, 0) is 0 Å². The highest BCUT2D eigenvalue weighted by molar-refractivity contribution is 5.85. The summed E-state index contributed by atoms with van der Waals surface area (Å²) in [6.07, 6.45) is 4.02. The van der Waals surface area contributed by atoms with Gasteiger partial charge < -0.3 is 0 Å². The van der Waals surface area contributed by atoms with E-state index in [1.807, 2.05) is 11.3 Å². The lowest BCUT2D eigenvalue weighted by molar-refractivity contribution is 0.261. The number of anilines is 1. The van der Waals surface area contributed by atoms with Crippen LogP contribution in [0.5, 0.6) is 0 Å². The Bertz CT molecular complexity index is 483. The van der Waals surface area contributed by atoms with E-state index in [0.717, 1.165) is 24.4 Å². The topological polar surface area (TPSA) is 18.8 Å². The molecule has 0 radical (unpaired) electrons. The Morgan fingerprint density at radius 1 is 1.10 bits per heavy atom. The molecule has 1 aliphatic rings. The monoisotopic (exact) mass is 271 g/mol. The summed E-state index contributed by atoms with van der Waals surface area (Å²) in [5.74, 6) is 1.50. The van der Waals surface area contributed by atoms with E-state index in [9.17, 15) is 0 Å². The van der Waals surface area contributed by atoms with Gasteiger partial charge >= 0.3 is 0 Å². The van der Waals surface area contributed by atoms with Crippen molar-refractivity contribution < 1.29 is 0 Å². The van der Waals surface area contributed by atoms with Gasteiger partial charge in [0.25, 0.3) is 0 Å². The molecule has 3 nitrogen and oxygen atoms in total. The quantitative estimate of drug-likeness (QED) is 0.783. The molecule has 0 saturated heterocycles. The molecule has 1 aromatic rings. The van der Waals surface area contributed by atoms with Crippen LogP contribution in [0.1, 0.15) is 52.0 Å². The standard InChI is InChI=1S/C17H25N3/c1-6-16(7-2)20-14(5)19(12-18-20)17-10-8-15(9-11-17)13(3)4/h8-13,16H,5-7H2,1-4H3. The Morgan fingerprint density at radius 2 is 1.70 bits per heavy atom. The van der Waals surface area contributed by atoms with Crippen LogP contribution in [0.2, 0.25) is 0 Å². The molecule has 20 heavy (non-hydrogen) atoms. The SMILES string of the molecule is C=C1N(c2ccc(C(C)C)cc2)C=NN1C(CC)CC. The molecule has 0 aromatic heterocycles. The highest BCUT2D eigenvalue weighted by Crippen LogP contribution is 2.28. The lowest BCUT2D eigenvalue weighted by Crippen LogP contribution is -2.30. The molecule has 0 fully saturated rings. The maximum atomic E-state index is 4.51. The number of hydrazone groups is 1. The van der Waals surface area contributed by atoms with E-state index in [1.165, 1.54) is 5.56 Å². The van der Waals surface area contributed by atoms with Crippen LogP contribution >= 0.6 is 0 Å². The van der Waals surface area contributed by atoms with E-state index in [-0.39, 0.29) is 0 Å². The number of hydrogen-bond donors (Lipinski definition) is 0. The fourth-order valence-electron chi connectivity index (χ4n) is 2.53. The van der Waals surface area contributed by atoms with Crippen LogP contribution in [0.25, 0.3) is 0 Å². The highest BCUT2D eigenvalue weighted by atomic mass is 15.6. The highest BCUT2D eigenvalue weighted by Gasteiger charge is 2.25. The molecule has 1 aliphatic heterocycles. The Balaban J connectivity index is 2.15. The van der Waals surface area contributed by atoms with Gasteiger partial charge in [-0.15, -0.1) is 0 Å². The molecule has 0 aliphatic carbocycles. The Kier molecular flexibility index (Phi) is 4.48. The maximum absolute atomic E-state index is 4.51. The van der Waals surface area contributed by atoms with E-state index in [4.69, 9.17) is 0 Å². The molecule has 0 amide bonds. The lowest BCUT2D eigenvalue weighted by Gasteiger charge is -2.27. The summed E-state index contributed by atoms with van der Waals surface area (Å²) >= 11 is 0. The first-order chi connectivity index (χ1) is 9.58. The summed E-state index contributed by atoms with van der Waals surface area (Å²) in [4.78, 5) is 2.06. The van der Waals surface area contributed by atoms with Crippen molar-refractivity contribution in [3.63, 3.8) is 0 Å². The molecule has 0 bridgehead atoms. The van der Waals surface area contributed by atoms with Gasteiger partial charge in [0.15, 0.2) is 0 Å². The molecular weight excluding hydrogens is 246 g/mol. The molecule has 2 rings (SSSR count). The molecule has 108 valence electrons. The molecule has 0 saturated carbocycles. The summed E-state index contributed by atoms with van der Waals surface area (Å²) in [6, 6.07) is 9.08. The van der Waals surface area contributed by atoms with Crippen molar-refractivity contribution in [2.75, 3.05) is 4.90 Å². The summed E-state index contributed by atoms with van der Waals surface area (Å²) in [7, 11) is 0. The van der Waals surface area contributed by atoms with Gasteiger partial charge in [-0.2, -0.15) is 5.10 Å². The summed E-state index contributed by atoms with van der Waals surface area (Å²) in [5, 5.41) is 6.55. The molecule has 0 N–H and O–H groups in total.